The van der Waals surface area contributed by atoms with Gasteiger partial charge in [0, 0.05) is 11.7 Å². The van der Waals surface area contributed by atoms with Gasteiger partial charge in [0.25, 0.3) is 5.91 Å². The average molecular weight is 294 g/mol. The van der Waals surface area contributed by atoms with E-state index >= 15 is 0 Å². The summed E-state index contributed by atoms with van der Waals surface area (Å²) in [6.07, 6.45) is 7.73. The van der Waals surface area contributed by atoms with Gasteiger partial charge in [0.2, 0.25) is 0 Å². The number of amides is 1. The Morgan fingerprint density at radius 2 is 2.27 bits per heavy atom. The molecule has 0 saturated carbocycles. The number of fused-ring (bicyclic) bond motifs is 1. The highest BCUT2D eigenvalue weighted by molar-refractivity contribution is 5.95. The molecule has 0 aliphatic carbocycles. The molecule has 2 aromatic rings. The van der Waals surface area contributed by atoms with Gasteiger partial charge in [0.05, 0.1) is 24.9 Å². The number of hydrogen-bond acceptors (Lipinski definition) is 3. The molecule has 1 aromatic heterocycles. The second kappa shape index (κ2) is 5.98. The summed E-state index contributed by atoms with van der Waals surface area (Å²) in [4.78, 5) is 14.4. The van der Waals surface area contributed by atoms with Gasteiger partial charge in [0.1, 0.15) is 5.76 Å². The molecule has 22 heavy (non-hydrogen) atoms. The van der Waals surface area contributed by atoms with Crippen LogP contribution < -0.4 is 10.2 Å². The molecule has 3 rings (SSSR count). The molecule has 1 aliphatic heterocycles. The third-order valence-electron chi connectivity index (χ3n) is 4.00. The maximum Gasteiger partial charge on any atom is 0.255 e. The van der Waals surface area contributed by atoms with Crippen molar-refractivity contribution in [2.45, 2.75) is 25.9 Å². The average Bonchev–Trinajstić information content (AvgIpc) is 3.10. The number of terminal acetylenes is 1. The smallest absolute Gasteiger partial charge is 0.255 e. The van der Waals surface area contributed by atoms with Crippen LogP contribution in [0.1, 0.15) is 28.6 Å². The molecule has 1 atom stereocenters. The standard InChI is InChI=1S/C18H18N2O2/c1-3-9-19-18(21)15-8-10-22-17(15)12-20-13(2)11-14-6-4-5-7-16(14)20/h1,4-8,10,13H,9,11-12H2,2H3,(H,19,21)/t13-/m1/s1. The molecule has 0 spiro atoms. The summed E-state index contributed by atoms with van der Waals surface area (Å²) in [6, 6.07) is 10.4. The Kier molecular flexibility index (Phi) is 3.88. The fraction of sp³-hybridized carbons (Fsp3) is 0.278. The fourth-order valence-electron chi connectivity index (χ4n) is 2.92. The van der Waals surface area contributed by atoms with Gasteiger partial charge >= 0.3 is 0 Å². The number of nitrogens with zero attached hydrogens (tertiary/aromatic N) is 1. The predicted molar refractivity (Wildman–Crippen MR) is 85.7 cm³/mol. The van der Waals surface area contributed by atoms with Crippen molar-refractivity contribution in [1.82, 2.24) is 5.32 Å². The molecule has 1 amide bonds. The Morgan fingerprint density at radius 3 is 3.09 bits per heavy atom. The van der Waals surface area contributed by atoms with Gasteiger partial charge in [-0.05, 0) is 31.0 Å². The lowest BCUT2D eigenvalue weighted by Gasteiger charge is -2.24. The second-order valence-corrected chi connectivity index (χ2v) is 5.45. The van der Waals surface area contributed by atoms with E-state index in [4.69, 9.17) is 10.8 Å². The summed E-state index contributed by atoms with van der Waals surface area (Å²) in [5, 5.41) is 2.68. The maximum absolute atomic E-state index is 12.1. The molecule has 0 fully saturated rings. The lowest BCUT2D eigenvalue weighted by atomic mass is 10.1. The molecule has 4 nitrogen and oxygen atoms in total. The predicted octanol–water partition coefficient (Wildman–Crippen LogP) is 2.59. The third kappa shape index (κ3) is 2.58. The highest BCUT2D eigenvalue weighted by Crippen LogP contribution is 2.33. The summed E-state index contributed by atoms with van der Waals surface area (Å²) in [5.74, 6) is 2.87. The van der Waals surface area contributed by atoms with Gasteiger partial charge < -0.3 is 14.6 Å². The lowest BCUT2D eigenvalue weighted by molar-refractivity contribution is 0.0956. The van der Waals surface area contributed by atoms with E-state index in [9.17, 15) is 4.79 Å². The van der Waals surface area contributed by atoms with E-state index in [0.717, 1.165) is 6.42 Å². The van der Waals surface area contributed by atoms with Gasteiger partial charge in [-0.25, -0.2) is 0 Å². The van der Waals surface area contributed by atoms with E-state index in [0.29, 0.717) is 23.9 Å². The molecule has 1 N–H and O–H groups in total. The maximum atomic E-state index is 12.1. The van der Waals surface area contributed by atoms with Crippen LogP contribution in [0.3, 0.4) is 0 Å². The van der Waals surface area contributed by atoms with Gasteiger partial charge in [-0.3, -0.25) is 4.79 Å². The molecule has 0 unspecified atom stereocenters. The summed E-state index contributed by atoms with van der Waals surface area (Å²) in [6.45, 7) is 2.97. The van der Waals surface area contributed by atoms with Gasteiger partial charge in [0.15, 0.2) is 0 Å². The summed E-state index contributed by atoms with van der Waals surface area (Å²) < 4.78 is 5.54. The summed E-state index contributed by atoms with van der Waals surface area (Å²) in [7, 11) is 0. The summed E-state index contributed by atoms with van der Waals surface area (Å²) >= 11 is 0. The zero-order chi connectivity index (χ0) is 15.5. The Bertz CT molecular complexity index is 727. The van der Waals surface area contributed by atoms with Crippen molar-refractivity contribution in [2.24, 2.45) is 0 Å². The molecule has 4 heteroatoms. The fourth-order valence-corrected chi connectivity index (χ4v) is 2.92. The molecule has 0 bridgehead atoms. The van der Waals surface area contributed by atoms with Crippen molar-refractivity contribution in [3.05, 3.63) is 53.5 Å². The highest BCUT2D eigenvalue weighted by Gasteiger charge is 2.27. The minimum Gasteiger partial charge on any atom is -0.467 e. The second-order valence-electron chi connectivity index (χ2n) is 5.45. The molecule has 1 aromatic carbocycles. The number of benzene rings is 1. The van der Waals surface area contributed by atoms with Crippen molar-refractivity contribution in [3.8, 4) is 12.3 Å². The van der Waals surface area contributed by atoms with Crippen LogP contribution in [0.2, 0.25) is 0 Å². The molecule has 2 heterocycles. The van der Waals surface area contributed by atoms with Crippen molar-refractivity contribution < 1.29 is 9.21 Å². The number of carbonyl (C=O) groups is 1. The number of anilines is 1. The normalized spacial score (nSPS) is 16.2. The van der Waals surface area contributed by atoms with Crippen molar-refractivity contribution in [3.63, 3.8) is 0 Å². The van der Waals surface area contributed by atoms with Crippen LogP contribution >= 0.6 is 0 Å². The van der Waals surface area contributed by atoms with Crippen molar-refractivity contribution in [2.75, 3.05) is 11.4 Å². The first-order chi connectivity index (χ1) is 10.7. The number of carbonyl (C=O) groups excluding carboxylic acids is 1. The van der Waals surface area contributed by atoms with Crippen LogP contribution in [0.4, 0.5) is 5.69 Å². The first-order valence-corrected chi connectivity index (χ1v) is 7.33. The van der Waals surface area contributed by atoms with Crippen molar-refractivity contribution in [1.29, 1.82) is 0 Å². The molecule has 1 aliphatic rings. The number of para-hydroxylation sites is 1. The molecular weight excluding hydrogens is 276 g/mol. The third-order valence-corrected chi connectivity index (χ3v) is 4.00. The van der Waals surface area contributed by atoms with Gasteiger partial charge in [-0.1, -0.05) is 24.1 Å². The Morgan fingerprint density at radius 1 is 1.45 bits per heavy atom. The lowest BCUT2D eigenvalue weighted by Crippen LogP contribution is -2.30. The molecule has 0 radical (unpaired) electrons. The minimum atomic E-state index is -0.193. The summed E-state index contributed by atoms with van der Waals surface area (Å²) in [5.41, 5.74) is 3.09. The van der Waals surface area contributed by atoms with Crippen LogP contribution in [0, 0.1) is 12.3 Å². The van der Waals surface area contributed by atoms with E-state index in [1.165, 1.54) is 11.3 Å². The quantitative estimate of drug-likeness (QED) is 0.882. The van der Waals surface area contributed by atoms with Crippen LogP contribution in [0.25, 0.3) is 0 Å². The Labute approximate surface area is 130 Å². The van der Waals surface area contributed by atoms with Gasteiger partial charge in [-0.2, -0.15) is 0 Å². The zero-order valence-corrected chi connectivity index (χ0v) is 12.5. The van der Waals surface area contributed by atoms with Crippen LogP contribution in [0.5, 0.6) is 0 Å². The van der Waals surface area contributed by atoms with Crippen molar-refractivity contribution >= 4 is 11.6 Å². The van der Waals surface area contributed by atoms with E-state index < -0.39 is 0 Å². The minimum absolute atomic E-state index is 0.193. The Hall–Kier alpha value is -2.67. The first kappa shape index (κ1) is 14.3. The van der Waals surface area contributed by atoms with E-state index in [1.807, 2.05) is 6.07 Å². The van der Waals surface area contributed by atoms with E-state index in [-0.39, 0.29) is 12.5 Å². The first-order valence-electron chi connectivity index (χ1n) is 7.33. The number of hydrogen-bond donors (Lipinski definition) is 1. The van der Waals surface area contributed by atoms with Gasteiger partial charge in [-0.15, -0.1) is 6.42 Å². The zero-order valence-electron chi connectivity index (χ0n) is 12.5. The van der Waals surface area contributed by atoms with Crippen LogP contribution in [-0.4, -0.2) is 18.5 Å². The molecule has 112 valence electrons. The largest absolute Gasteiger partial charge is 0.467 e. The highest BCUT2D eigenvalue weighted by atomic mass is 16.3. The number of nitrogens with one attached hydrogen (secondary N) is 1. The van der Waals surface area contributed by atoms with E-state index in [1.54, 1.807) is 12.3 Å². The molecule has 0 saturated heterocycles. The van der Waals surface area contributed by atoms with Crippen LogP contribution in [-0.2, 0) is 13.0 Å². The molecular formula is C18H18N2O2. The number of rotatable bonds is 4. The monoisotopic (exact) mass is 294 g/mol. The van der Waals surface area contributed by atoms with Crippen LogP contribution in [0.15, 0.2) is 41.0 Å². The topological polar surface area (TPSA) is 45.5 Å². The Balaban J connectivity index is 1.82. The van der Waals surface area contributed by atoms with E-state index in [2.05, 4.69) is 41.3 Å². The number of furan rings is 1. The SMILES string of the molecule is C#CCNC(=O)c1ccoc1CN1c2ccccc2C[C@H]1C.